The van der Waals surface area contributed by atoms with Crippen molar-refractivity contribution in [3.05, 3.63) is 17.0 Å². The molecule has 1 aliphatic rings. The predicted octanol–water partition coefficient (Wildman–Crippen LogP) is 2.45. The number of carbonyl (C=O) groups is 1. The summed E-state index contributed by atoms with van der Waals surface area (Å²) < 4.78 is 43.3. The van der Waals surface area contributed by atoms with E-state index in [1.807, 2.05) is 0 Å². The Bertz CT molecular complexity index is 558. The molecule has 2 rings (SSSR count). The summed E-state index contributed by atoms with van der Waals surface area (Å²) in [5.41, 5.74) is -1.31. The Morgan fingerprint density at radius 2 is 1.96 bits per heavy atom. The minimum atomic E-state index is -4.68. The van der Waals surface area contributed by atoms with Gasteiger partial charge in [-0.1, -0.05) is 5.16 Å². The number of alkyl halides is 3. The summed E-state index contributed by atoms with van der Waals surface area (Å²) in [6.07, 6.45) is -5.73. The molecule has 0 bridgehead atoms. The number of aryl methyl sites for hydroxylation is 2. The summed E-state index contributed by atoms with van der Waals surface area (Å²) in [4.78, 5) is 13.5. The van der Waals surface area contributed by atoms with Crippen molar-refractivity contribution in [2.45, 2.75) is 51.4 Å². The van der Waals surface area contributed by atoms with Crippen molar-refractivity contribution in [2.24, 2.45) is 0 Å². The number of nitrogens with one attached hydrogen (secondary N) is 1. The Morgan fingerprint density at radius 3 is 2.39 bits per heavy atom. The lowest BCUT2D eigenvalue weighted by molar-refractivity contribution is -0.271. The van der Waals surface area contributed by atoms with Crippen LogP contribution >= 0.6 is 0 Å². The quantitative estimate of drug-likeness (QED) is 0.870. The molecule has 6 nitrogen and oxygen atoms in total. The van der Waals surface area contributed by atoms with E-state index < -0.39 is 30.7 Å². The van der Waals surface area contributed by atoms with E-state index in [2.05, 4.69) is 10.5 Å². The first-order chi connectivity index (χ1) is 10.5. The molecule has 0 unspecified atom stereocenters. The van der Waals surface area contributed by atoms with Crippen LogP contribution < -0.4 is 5.32 Å². The fourth-order valence-corrected chi connectivity index (χ4v) is 2.82. The molecule has 0 aromatic carbocycles. The number of halogens is 3. The molecule has 2 N–H and O–H groups in total. The number of carbonyl (C=O) groups excluding carboxylic acids is 1. The lowest BCUT2D eigenvalue weighted by Gasteiger charge is -2.39. The highest BCUT2D eigenvalue weighted by atomic mass is 19.4. The normalized spacial score (nSPS) is 19.5. The highest BCUT2D eigenvalue weighted by Crippen LogP contribution is 2.38. The molecule has 2 heterocycles. The molecule has 1 atom stereocenters. The van der Waals surface area contributed by atoms with Gasteiger partial charge in [0.1, 0.15) is 5.76 Å². The van der Waals surface area contributed by atoms with E-state index in [1.54, 1.807) is 20.8 Å². The second-order valence-electron chi connectivity index (χ2n) is 5.93. The van der Waals surface area contributed by atoms with Crippen LogP contribution in [0, 0.1) is 13.8 Å². The number of aromatic nitrogens is 1. The van der Waals surface area contributed by atoms with Gasteiger partial charge in [0, 0.05) is 31.5 Å². The van der Waals surface area contributed by atoms with Crippen LogP contribution in [0.25, 0.3) is 0 Å². The fraction of sp³-hybridized carbons (Fsp3) is 0.714. The summed E-state index contributed by atoms with van der Waals surface area (Å²) in [6.45, 7) is 4.91. The number of hydrogen-bond acceptors (Lipinski definition) is 4. The standard InChI is InChI=1S/C14H20F3N3O3/c1-8(11-9(2)19-23-10(11)3)18-12(21)20-6-4-13(22,5-7-20)14(15,16)17/h8,22H,4-7H2,1-3H3,(H,18,21)/t8-/m1/s1. The van der Waals surface area contributed by atoms with Crippen LogP contribution in [0.15, 0.2) is 4.52 Å². The molecule has 9 heteroatoms. The maximum Gasteiger partial charge on any atom is 0.417 e. The van der Waals surface area contributed by atoms with Gasteiger partial charge < -0.3 is 19.8 Å². The Labute approximate surface area is 131 Å². The van der Waals surface area contributed by atoms with Crippen molar-refractivity contribution in [1.29, 1.82) is 0 Å². The molecule has 0 saturated carbocycles. The molecule has 0 aliphatic carbocycles. The van der Waals surface area contributed by atoms with Crippen molar-refractivity contribution in [3.63, 3.8) is 0 Å². The zero-order chi connectivity index (χ0) is 17.4. The van der Waals surface area contributed by atoms with Crippen molar-refractivity contribution in [3.8, 4) is 0 Å². The molecule has 1 aliphatic heterocycles. The average Bonchev–Trinajstić information content (AvgIpc) is 2.77. The summed E-state index contributed by atoms with van der Waals surface area (Å²) >= 11 is 0. The number of likely N-dealkylation sites (tertiary alicyclic amines) is 1. The van der Waals surface area contributed by atoms with Crippen LogP contribution in [0.5, 0.6) is 0 Å². The number of nitrogens with zero attached hydrogens (tertiary/aromatic N) is 2. The maximum atomic E-state index is 12.8. The maximum absolute atomic E-state index is 12.8. The van der Waals surface area contributed by atoms with E-state index in [-0.39, 0.29) is 19.1 Å². The summed E-state index contributed by atoms with van der Waals surface area (Å²) in [5.74, 6) is 0.584. The zero-order valence-corrected chi connectivity index (χ0v) is 13.2. The monoisotopic (exact) mass is 335 g/mol. The van der Waals surface area contributed by atoms with Crippen LogP contribution in [-0.2, 0) is 0 Å². The van der Waals surface area contributed by atoms with E-state index in [1.165, 1.54) is 4.90 Å². The number of aliphatic hydroxyl groups is 1. The molecule has 1 aromatic rings. The molecule has 0 spiro atoms. The lowest BCUT2D eigenvalue weighted by Crippen LogP contribution is -2.56. The van der Waals surface area contributed by atoms with Gasteiger partial charge in [0.05, 0.1) is 11.7 Å². The van der Waals surface area contributed by atoms with E-state index in [9.17, 15) is 23.1 Å². The first-order valence-corrected chi connectivity index (χ1v) is 7.32. The number of amides is 2. The molecular weight excluding hydrogens is 315 g/mol. The number of hydrogen-bond donors (Lipinski definition) is 2. The van der Waals surface area contributed by atoms with Crippen LogP contribution in [0.1, 0.15) is 42.8 Å². The number of rotatable bonds is 2. The van der Waals surface area contributed by atoms with E-state index >= 15 is 0 Å². The first kappa shape index (κ1) is 17.6. The van der Waals surface area contributed by atoms with Gasteiger partial charge in [-0.15, -0.1) is 0 Å². The van der Waals surface area contributed by atoms with Gasteiger partial charge in [-0.25, -0.2) is 4.79 Å². The van der Waals surface area contributed by atoms with Gasteiger partial charge in [-0.3, -0.25) is 0 Å². The van der Waals surface area contributed by atoms with Crippen molar-refractivity contribution >= 4 is 6.03 Å². The van der Waals surface area contributed by atoms with E-state index in [4.69, 9.17) is 4.52 Å². The highest BCUT2D eigenvalue weighted by Gasteiger charge is 2.54. The fourth-order valence-electron chi connectivity index (χ4n) is 2.82. The summed E-state index contributed by atoms with van der Waals surface area (Å²) in [5, 5.41) is 16.1. The second kappa shape index (κ2) is 6.03. The third-order valence-corrected chi connectivity index (χ3v) is 4.27. The zero-order valence-electron chi connectivity index (χ0n) is 13.2. The van der Waals surface area contributed by atoms with Gasteiger partial charge in [0.25, 0.3) is 0 Å². The highest BCUT2D eigenvalue weighted by molar-refractivity contribution is 5.75. The molecule has 1 saturated heterocycles. The summed E-state index contributed by atoms with van der Waals surface area (Å²) in [7, 11) is 0. The summed E-state index contributed by atoms with van der Waals surface area (Å²) in [6, 6.07) is -0.848. The van der Waals surface area contributed by atoms with Gasteiger partial charge in [0.2, 0.25) is 0 Å². The van der Waals surface area contributed by atoms with Gasteiger partial charge in [-0.2, -0.15) is 13.2 Å². The third-order valence-electron chi connectivity index (χ3n) is 4.27. The topological polar surface area (TPSA) is 78.6 Å². The van der Waals surface area contributed by atoms with E-state index in [0.29, 0.717) is 11.5 Å². The predicted molar refractivity (Wildman–Crippen MR) is 74.7 cm³/mol. The van der Waals surface area contributed by atoms with Crippen molar-refractivity contribution < 1.29 is 27.6 Å². The van der Waals surface area contributed by atoms with Crippen molar-refractivity contribution in [2.75, 3.05) is 13.1 Å². The average molecular weight is 335 g/mol. The Hall–Kier alpha value is -1.77. The Morgan fingerprint density at radius 1 is 1.39 bits per heavy atom. The molecular formula is C14H20F3N3O3. The van der Waals surface area contributed by atoms with Gasteiger partial charge in [-0.05, 0) is 20.8 Å². The van der Waals surface area contributed by atoms with Gasteiger partial charge >= 0.3 is 12.2 Å². The lowest BCUT2D eigenvalue weighted by atomic mass is 9.91. The Balaban J connectivity index is 1.96. The molecule has 1 aromatic heterocycles. The van der Waals surface area contributed by atoms with E-state index in [0.717, 1.165) is 5.56 Å². The SMILES string of the molecule is Cc1noc(C)c1[C@@H](C)NC(=O)N1CCC(O)(C(F)(F)F)CC1. The smallest absolute Gasteiger partial charge is 0.380 e. The Kier molecular flexibility index (Phi) is 4.61. The first-order valence-electron chi connectivity index (χ1n) is 7.32. The molecule has 1 fully saturated rings. The minimum absolute atomic E-state index is 0.157. The molecule has 23 heavy (non-hydrogen) atoms. The van der Waals surface area contributed by atoms with Crippen LogP contribution in [-0.4, -0.2) is 46.1 Å². The van der Waals surface area contributed by atoms with Crippen molar-refractivity contribution in [1.82, 2.24) is 15.4 Å². The van der Waals surface area contributed by atoms with Crippen LogP contribution in [0.4, 0.5) is 18.0 Å². The molecule has 0 radical (unpaired) electrons. The number of urea groups is 1. The third kappa shape index (κ3) is 3.44. The van der Waals surface area contributed by atoms with Crippen LogP contribution in [0.3, 0.4) is 0 Å². The number of piperidine rings is 1. The van der Waals surface area contributed by atoms with Crippen LogP contribution in [0.2, 0.25) is 0 Å². The minimum Gasteiger partial charge on any atom is -0.380 e. The molecule has 130 valence electrons. The molecule has 2 amide bonds. The van der Waals surface area contributed by atoms with Gasteiger partial charge in [0.15, 0.2) is 5.60 Å². The second-order valence-corrected chi connectivity index (χ2v) is 5.93. The largest absolute Gasteiger partial charge is 0.417 e.